The first-order chi connectivity index (χ1) is 31.3. The molecule has 0 fully saturated rings. The summed E-state index contributed by atoms with van der Waals surface area (Å²) < 4.78 is 2.63. The van der Waals surface area contributed by atoms with E-state index >= 15 is 0 Å². The van der Waals surface area contributed by atoms with Gasteiger partial charge < -0.3 is 4.90 Å². The van der Waals surface area contributed by atoms with E-state index in [0.29, 0.717) is 0 Å². The van der Waals surface area contributed by atoms with E-state index in [2.05, 4.69) is 229 Å². The van der Waals surface area contributed by atoms with E-state index in [0.717, 1.165) is 17.1 Å². The van der Waals surface area contributed by atoms with E-state index in [1.807, 2.05) is 11.3 Å². The Hall–Kier alpha value is -7.78. The number of fused-ring (bicyclic) bond motifs is 19. The predicted octanol–water partition coefficient (Wildman–Crippen LogP) is 17.0. The lowest BCUT2D eigenvalue weighted by molar-refractivity contribution is 0.794. The first kappa shape index (κ1) is 34.9. The molecule has 14 rings (SSSR count). The normalized spacial score (nSPS) is 13.2. The molecule has 0 N–H and O–H groups in total. The van der Waals surface area contributed by atoms with Crippen molar-refractivity contribution in [2.24, 2.45) is 0 Å². The van der Waals surface area contributed by atoms with Gasteiger partial charge >= 0.3 is 0 Å². The highest BCUT2D eigenvalue weighted by Gasteiger charge is 2.51. The van der Waals surface area contributed by atoms with Crippen molar-refractivity contribution in [2.75, 3.05) is 4.90 Å². The zero-order valence-corrected chi connectivity index (χ0v) is 35.0. The number of thiophene rings is 1. The lowest BCUT2D eigenvalue weighted by atomic mass is 9.70. The maximum Gasteiger partial charge on any atom is 0.0725 e. The lowest BCUT2D eigenvalue weighted by Crippen LogP contribution is -2.25. The van der Waals surface area contributed by atoms with Gasteiger partial charge in [-0.05, 0) is 136 Å². The monoisotopic (exact) mass is 815 g/mol. The summed E-state index contributed by atoms with van der Waals surface area (Å²) in [7, 11) is 0. The summed E-state index contributed by atoms with van der Waals surface area (Å²) in [6, 6.07) is 84.1. The Morgan fingerprint density at radius 2 is 0.746 bits per heavy atom. The molecular formula is C61H37NS. The van der Waals surface area contributed by atoms with Crippen molar-refractivity contribution in [1.82, 2.24) is 0 Å². The maximum atomic E-state index is 2.49. The van der Waals surface area contributed by atoms with E-state index in [-0.39, 0.29) is 0 Å². The van der Waals surface area contributed by atoms with Crippen molar-refractivity contribution >= 4 is 80.9 Å². The molecule has 2 aliphatic carbocycles. The molecule has 1 aromatic heterocycles. The van der Waals surface area contributed by atoms with E-state index in [9.17, 15) is 0 Å². The molecule has 1 heterocycles. The highest BCUT2D eigenvalue weighted by molar-refractivity contribution is 7.25. The minimum atomic E-state index is -0.396. The molecule has 11 aromatic carbocycles. The van der Waals surface area contributed by atoms with Gasteiger partial charge in [-0.2, -0.15) is 0 Å². The zero-order valence-electron chi connectivity index (χ0n) is 34.2. The molecule has 292 valence electrons. The molecule has 0 amide bonds. The third kappa shape index (κ3) is 4.76. The van der Waals surface area contributed by atoms with Crippen molar-refractivity contribution in [1.29, 1.82) is 0 Å². The highest BCUT2D eigenvalue weighted by atomic mass is 32.1. The molecule has 63 heavy (non-hydrogen) atoms. The first-order valence-electron chi connectivity index (χ1n) is 21.8. The van der Waals surface area contributed by atoms with Crippen LogP contribution in [0.4, 0.5) is 17.1 Å². The molecule has 12 aromatic rings. The molecular weight excluding hydrogens is 779 g/mol. The fraction of sp³-hybridized carbons (Fsp3) is 0.0164. The van der Waals surface area contributed by atoms with Crippen LogP contribution in [-0.4, -0.2) is 0 Å². The molecule has 2 heteroatoms. The van der Waals surface area contributed by atoms with Gasteiger partial charge in [0, 0.05) is 37.2 Å². The predicted molar refractivity (Wildman–Crippen MR) is 268 cm³/mol. The van der Waals surface area contributed by atoms with Crippen molar-refractivity contribution < 1.29 is 0 Å². The standard InChI is InChI=1S/C61H37NS/c1-2-19-45-43(17-1)44-18-3-4-20-46(44)52-36-40(31-33-47(45)52)62(39-16-13-15-38(35-39)42-25-14-30-59-60(42)51-24-8-12-29-58(51)63-59)41-32-34-57-53(37-41)50-23-7-11-28-56(50)61(57)54-26-9-5-21-48(54)49-22-6-10-27-55(49)61/h1-37H. The smallest absolute Gasteiger partial charge is 0.0725 e. The molecule has 0 atom stereocenters. The Labute approximate surface area is 369 Å². The fourth-order valence-corrected chi connectivity index (χ4v) is 12.7. The molecule has 0 radical (unpaired) electrons. The molecule has 0 unspecified atom stereocenters. The molecule has 0 saturated heterocycles. The molecule has 2 aliphatic rings. The Morgan fingerprint density at radius 1 is 0.286 bits per heavy atom. The number of rotatable bonds is 4. The van der Waals surface area contributed by atoms with Gasteiger partial charge in [-0.15, -0.1) is 11.3 Å². The zero-order chi connectivity index (χ0) is 41.2. The second-order valence-corrected chi connectivity index (χ2v) is 18.2. The largest absolute Gasteiger partial charge is 0.310 e. The fourth-order valence-electron chi connectivity index (χ4n) is 11.5. The van der Waals surface area contributed by atoms with Crippen LogP contribution in [0.25, 0.3) is 85.9 Å². The van der Waals surface area contributed by atoms with Crippen LogP contribution in [0.1, 0.15) is 22.3 Å². The maximum absolute atomic E-state index is 2.49. The molecule has 0 aliphatic heterocycles. The number of hydrogen-bond donors (Lipinski definition) is 0. The van der Waals surface area contributed by atoms with Gasteiger partial charge in [-0.1, -0.05) is 176 Å². The summed E-state index contributed by atoms with van der Waals surface area (Å²) in [5.41, 5.74) is 16.1. The van der Waals surface area contributed by atoms with Gasteiger partial charge in [0.05, 0.1) is 5.41 Å². The summed E-state index contributed by atoms with van der Waals surface area (Å²) in [6.07, 6.45) is 0. The van der Waals surface area contributed by atoms with Crippen molar-refractivity contribution in [3.05, 3.63) is 247 Å². The molecule has 1 spiro atoms. The topological polar surface area (TPSA) is 3.24 Å². The SMILES string of the molecule is c1cc(-c2cccc3sc4ccccc4c23)cc(N(c2ccc3c(c2)-c2ccccc2C32c3ccccc3-c3ccccc32)c2ccc3c4ccccc4c4ccccc4c3c2)c1. The first-order valence-corrected chi connectivity index (χ1v) is 22.7. The second kappa shape index (κ2) is 13.1. The van der Waals surface area contributed by atoms with Crippen LogP contribution >= 0.6 is 11.3 Å². The van der Waals surface area contributed by atoms with Crippen molar-refractivity contribution in [3.63, 3.8) is 0 Å². The van der Waals surface area contributed by atoms with Gasteiger partial charge in [0.1, 0.15) is 0 Å². The molecule has 0 bridgehead atoms. The lowest BCUT2D eigenvalue weighted by Gasteiger charge is -2.31. The highest BCUT2D eigenvalue weighted by Crippen LogP contribution is 2.63. The van der Waals surface area contributed by atoms with Crippen LogP contribution in [0.5, 0.6) is 0 Å². The van der Waals surface area contributed by atoms with Gasteiger partial charge in [-0.25, -0.2) is 0 Å². The van der Waals surface area contributed by atoms with Gasteiger partial charge in [0.2, 0.25) is 0 Å². The average molecular weight is 816 g/mol. The van der Waals surface area contributed by atoms with Crippen molar-refractivity contribution in [2.45, 2.75) is 5.41 Å². The third-order valence-corrected chi connectivity index (χ3v) is 15.2. The number of anilines is 3. The van der Waals surface area contributed by atoms with Crippen LogP contribution in [-0.2, 0) is 5.41 Å². The Morgan fingerprint density at radius 3 is 1.43 bits per heavy atom. The van der Waals surface area contributed by atoms with Crippen molar-refractivity contribution in [3.8, 4) is 33.4 Å². The Kier molecular flexibility index (Phi) is 7.26. The number of hydrogen-bond acceptors (Lipinski definition) is 2. The van der Waals surface area contributed by atoms with E-state index < -0.39 is 5.41 Å². The van der Waals surface area contributed by atoms with Gasteiger partial charge in [0.15, 0.2) is 0 Å². The minimum Gasteiger partial charge on any atom is -0.310 e. The van der Waals surface area contributed by atoms with Crippen LogP contribution in [0.3, 0.4) is 0 Å². The third-order valence-electron chi connectivity index (χ3n) is 14.0. The van der Waals surface area contributed by atoms with Crippen LogP contribution in [0, 0.1) is 0 Å². The Balaban J connectivity index is 1.03. The van der Waals surface area contributed by atoms with Gasteiger partial charge in [0.25, 0.3) is 0 Å². The number of benzene rings is 11. The van der Waals surface area contributed by atoms with E-state index in [1.54, 1.807) is 0 Å². The summed E-state index contributed by atoms with van der Waals surface area (Å²) in [5, 5.41) is 10.3. The number of nitrogens with zero attached hydrogens (tertiary/aromatic N) is 1. The molecule has 1 nitrogen and oxygen atoms in total. The molecule has 0 saturated carbocycles. The van der Waals surface area contributed by atoms with Crippen LogP contribution in [0.2, 0.25) is 0 Å². The minimum absolute atomic E-state index is 0.396. The average Bonchev–Trinajstić information content (AvgIpc) is 3.98. The Bertz CT molecular complexity index is 3810. The summed E-state index contributed by atoms with van der Waals surface area (Å²) in [6.45, 7) is 0. The summed E-state index contributed by atoms with van der Waals surface area (Å²) >= 11 is 1.87. The summed E-state index contributed by atoms with van der Waals surface area (Å²) in [5.74, 6) is 0. The van der Waals surface area contributed by atoms with E-state index in [4.69, 9.17) is 0 Å². The quantitative estimate of drug-likeness (QED) is 0.160. The second-order valence-electron chi connectivity index (χ2n) is 17.1. The van der Waals surface area contributed by atoms with Crippen LogP contribution in [0.15, 0.2) is 224 Å². The van der Waals surface area contributed by atoms with E-state index in [1.165, 1.54) is 108 Å². The van der Waals surface area contributed by atoms with Gasteiger partial charge in [-0.3, -0.25) is 0 Å². The van der Waals surface area contributed by atoms with Crippen LogP contribution < -0.4 is 4.90 Å². The summed E-state index contributed by atoms with van der Waals surface area (Å²) in [4.78, 5) is 2.49.